The summed E-state index contributed by atoms with van der Waals surface area (Å²) in [6.07, 6.45) is 0. The largest absolute Gasteiger partial charge is 0.343 e. The molecule has 1 amide bonds. The van der Waals surface area contributed by atoms with Gasteiger partial charge in [0.1, 0.15) is 10.7 Å². The van der Waals surface area contributed by atoms with Gasteiger partial charge < -0.3 is 9.88 Å². The highest BCUT2D eigenvalue weighted by Crippen LogP contribution is 2.31. The number of aromatic amines is 1. The van der Waals surface area contributed by atoms with E-state index in [1.165, 1.54) is 11.3 Å². The summed E-state index contributed by atoms with van der Waals surface area (Å²) in [7, 11) is 0. The molecule has 3 aromatic rings. The van der Waals surface area contributed by atoms with Gasteiger partial charge in [0.2, 0.25) is 0 Å². The number of halogens is 1. The Hall–Kier alpha value is -1.36. The summed E-state index contributed by atoms with van der Waals surface area (Å²) in [5.74, 6) is 0.475. The maximum atomic E-state index is 12.2. The number of thiophene rings is 1. The predicted octanol–water partition coefficient (Wildman–Crippen LogP) is 3.84. The van der Waals surface area contributed by atoms with E-state index in [1.807, 2.05) is 22.9 Å². The third kappa shape index (κ3) is 3.60. The Morgan fingerprint density at radius 3 is 3.00 bits per heavy atom. The van der Waals surface area contributed by atoms with E-state index in [0.717, 1.165) is 14.4 Å². The number of H-pyrrole nitrogens is 1. The monoisotopic (exact) mass is 429 g/mol. The second-order valence-electron chi connectivity index (χ2n) is 4.54. The zero-order valence-electron chi connectivity index (χ0n) is 12.0. The van der Waals surface area contributed by atoms with Gasteiger partial charge in [-0.2, -0.15) is 5.10 Å². The summed E-state index contributed by atoms with van der Waals surface area (Å²) >= 11 is 11.6. The molecule has 6 nitrogen and oxygen atoms in total. The van der Waals surface area contributed by atoms with Crippen LogP contribution in [0.4, 0.5) is 0 Å². The molecular formula is C13H12BrN5OS3. The molecule has 0 aromatic carbocycles. The number of amides is 1. The number of rotatable bonds is 5. The summed E-state index contributed by atoms with van der Waals surface area (Å²) in [4.78, 5) is 17.7. The molecule has 0 aliphatic heterocycles. The van der Waals surface area contributed by atoms with Gasteiger partial charge in [-0.25, -0.2) is 4.98 Å². The van der Waals surface area contributed by atoms with E-state index in [4.69, 9.17) is 12.2 Å². The number of hydrogen-bond donors (Lipinski definition) is 2. The van der Waals surface area contributed by atoms with E-state index in [-0.39, 0.29) is 5.91 Å². The number of carbonyl (C=O) groups is 1. The lowest BCUT2D eigenvalue weighted by Crippen LogP contribution is -2.25. The Morgan fingerprint density at radius 2 is 2.30 bits per heavy atom. The topological polar surface area (TPSA) is 75.6 Å². The van der Waals surface area contributed by atoms with E-state index in [0.29, 0.717) is 29.4 Å². The van der Waals surface area contributed by atoms with Gasteiger partial charge in [0.25, 0.3) is 5.91 Å². The van der Waals surface area contributed by atoms with Crippen LogP contribution >= 0.6 is 50.8 Å². The number of nitrogens with zero attached hydrogens (tertiary/aromatic N) is 3. The highest BCUT2D eigenvalue weighted by atomic mass is 79.9. The van der Waals surface area contributed by atoms with Crippen LogP contribution in [-0.2, 0) is 13.1 Å². The van der Waals surface area contributed by atoms with Gasteiger partial charge in [-0.05, 0) is 41.1 Å². The molecule has 0 aliphatic rings. The highest BCUT2D eigenvalue weighted by molar-refractivity contribution is 9.10. The van der Waals surface area contributed by atoms with Gasteiger partial charge in [0.05, 0.1) is 11.4 Å². The van der Waals surface area contributed by atoms with Crippen LogP contribution < -0.4 is 5.32 Å². The molecule has 0 fully saturated rings. The molecule has 0 atom stereocenters. The van der Waals surface area contributed by atoms with Crippen molar-refractivity contribution in [2.24, 2.45) is 0 Å². The van der Waals surface area contributed by atoms with Gasteiger partial charge in [0.15, 0.2) is 10.6 Å². The van der Waals surface area contributed by atoms with Crippen molar-refractivity contribution in [3.05, 3.63) is 37.6 Å². The van der Waals surface area contributed by atoms with Crippen molar-refractivity contribution in [1.29, 1.82) is 0 Å². The van der Waals surface area contributed by atoms with E-state index < -0.39 is 0 Å². The van der Waals surface area contributed by atoms with Crippen LogP contribution in [0.1, 0.15) is 23.2 Å². The van der Waals surface area contributed by atoms with Crippen molar-refractivity contribution >= 4 is 56.7 Å². The fourth-order valence-corrected chi connectivity index (χ4v) is 4.57. The molecule has 3 aromatic heterocycles. The average Bonchev–Trinajstić information content (AvgIpc) is 3.24. The van der Waals surface area contributed by atoms with Gasteiger partial charge in [0, 0.05) is 21.8 Å². The maximum Gasteiger partial charge on any atom is 0.271 e. The minimum absolute atomic E-state index is 0.223. The first-order valence-electron chi connectivity index (χ1n) is 6.70. The van der Waals surface area contributed by atoms with Gasteiger partial charge in [-0.1, -0.05) is 0 Å². The quantitative estimate of drug-likeness (QED) is 0.604. The van der Waals surface area contributed by atoms with Gasteiger partial charge in [-0.15, -0.1) is 22.7 Å². The van der Waals surface area contributed by atoms with Crippen LogP contribution in [0.3, 0.4) is 0 Å². The van der Waals surface area contributed by atoms with E-state index in [9.17, 15) is 4.79 Å². The SMILES string of the molecule is CCn1c(CNC(=O)c2csc(-c3cc(Br)cs3)n2)n[nH]c1=S. The van der Waals surface area contributed by atoms with Crippen molar-refractivity contribution < 1.29 is 4.79 Å². The van der Waals surface area contributed by atoms with Crippen molar-refractivity contribution in [3.8, 4) is 9.88 Å². The van der Waals surface area contributed by atoms with Crippen molar-refractivity contribution in [2.75, 3.05) is 0 Å². The molecule has 0 saturated heterocycles. The number of hydrogen-bond acceptors (Lipinski definition) is 6. The second kappa shape index (κ2) is 7.04. The molecule has 120 valence electrons. The van der Waals surface area contributed by atoms with Gasteiger partial charge >= 0.3 is 0 Å². The molecular weight excluding hydrogens is 418 g/mol. The predicted molar refractivity (Wildman–Crippen MR) is 97.4 cm³/mol. The molecule has 0 bridgehead atoms. The van der Waals surface area contributed by atoms with Crippen LogP contribution in [0.15, 0.2) is 21.3 Å². The number of nitrogens with one attached hydrogen (secondary N) is 2. The van der Waals surface area contributed by atoms with Crippen LogP contribution in [0.5, 0.6) is 0 Å². The number of aromatic nitrogens is 4. The Kier molecular flexibility index (Phi) is 5.05. The second-order valence-corrected chi connectivity index (χ2v) is 7.61. The average molecular weight is 430 g/mol. The molecule has 23 heavy (non-hydrogen) atoms. The third-order valence-corrected chi connectivity index (χ3v) is 6.09. The molecule has 0 radical (unpaired) electrons. The van der Waals surface area contributed by atoms with E-state index >= 15 is 0 Å². The summed E-state index contributed by atoms with van der Waals surface area (Å²) in [6.45, 7) is 2.98. The fourth-order valence-electron chi connectivity index (χ4n) is 1.98. The lowest BCUT2D eigenvalue weighted by atomic mass is 10.4. The Morgan fingerprint density at radius 1 is 1.48 bits per heavy atom. The fraction of sp³-hybridized carbons (Fsp3) is 0.231. The molecule has 0 unspecified atom stereocenters. The molecule has 2 N–H and O–H groups in total. The van der Waals surface area contributed by atoms with Gasteiger partial charge in [-0.3, -0.25) is 9.89 Å². The van der Waals surface area contributed by atoms with Crippen LogP contribution in [0.25, 0.3) is 9.88 Å². The zero-order valence-corrected chi connectivity index (χ0v) is 16.0. The summed E-state index contributed by atoms with van der Waals surface area (Å²) in [5.41, 5.74) is 0.409. The number of carbonyl (C=O) groups excluding carboxylic acids is 1. The van der Waals surface area contributed by atoms with E-state index in [2.05, 4.69) is 36.4 Å². The van der Waals surface area contributed by atoms with Crippen molar-refractivity contribution in [3.63, 3.8) is 0 Å². The first-order valence-corrected chi connectivity index (χ1v) is 9.66. The molecule has 3 heterocycles. The molecule has 0 aliphatic carbocycles. The molecule has 0 saturated carbocycles. The lowest BCUT2D eigenvalue weighted by molar-refractivity contribution is 0.0945. The lowest BCUT2D eigenvalue weighted by Gasteiger charge is -2.04. The van der Waals surface area contributed by atoms with Crippen LogP contribution in [0.2, 0.25) is 0 Å². The Balaban J connectivity index is 1.69. The summed E-state index contributed by atoms with van der Waals surface area (Å²) in [5, 5.41) is 14.3. The number of thiazole rings is 1. The summed E-state index contributed by atoms with van der Waals surface area (Å²) in [6, 6.07) is 1.99. The van der Waals surface area contributed by atoms with E-state index in [1.54, 1.807) is 16.7 Å². The third-order valence-electron chi connectivity index (χ3n) is 3.08. The molecule has 10 heteroatoms. The van der Waals surface area contributed by atoms with Crippen LogP contribution in [0, 0.1) is 4.77 Å². The standard InChI is InChI=1S/C13H12BrN5OS3/c1-2-19-10(17-18-13(19)21)4-15-11(20)8-6-23-12(16-8)9-3-7(14)5-22-9/h3,5-6H,2,4H2,1H3,(H,15,20)(H,18,21). The maximum absolute atomic E-state index is 12.2. The highest BCUT2D eigenvalue weighted by Gasteiger charge is 2.14. The van der Waals surface area contributed by atoms with Crippen molar-refractivity contribution in [2.45, 2.75) is 20.0 Å². The zero-order chi connectivity index (χ0) is 16.4. The summed E-state index contributed by atoms with van der Waals surface area (Å²) < 4.78 is 3.41. The minimum atomic E-state index is -0.223. The first-order chi connectivity index (χ1) is 11.1. The van der Waals surface area contributed by atoms with Crippen molar-refractivity contribution in [1.82, 2.24) is 25.1 Å². The normalized spacial score (nSPS) is 10.9. The van der Waals surface area contributed by atoms with Crippen LogP contribution in [-0.4, -0.2) is 25.7 Å². The Labute approximate surface area is 153 Å². The first kappa shape index (κ1) is 16.5. The molecule has 3 rings (SSSR count). The molecule has 0 spiro atoms. The minimum Gasteiger partial charge on any atom is -0.343 e. The Bertz CT molecular complexity index is 893. The smallest absolute Gasteiger partial charge is 0.271 e.